The van der Waals surface area contributed by atoms with Crippen LogP contribution in [0.15, 0.2) is 47.8 Å². The predicted octanol–water partition coefficient (Wildman–Crippen LogP) is 6.35. The average Bonchev–Trinajstić information content (AvgIpc) is 3.20. The smallest absolute Gasteiger partial charge is 0.407 e. The molecule has 158 valence electrons. The second-order valence-electron chi connectivity index (χ2n) is 9.39. The number of aryl methyl sites for hydroxylation is 2. The minimum absolute atomic E-state index is 0.0248. The third-order valence-corrected chi connectivity index (χ3v) is 7.35. The van der Waals surface area contributed by atoms with Crippen LogP contribution in [0.5, 0.6) is 0 Å². The number of nitrogens with zero attached hydrogens (tertiary/aromatic N) is 2. The first-order chi connectivity index (χ1) is 14.3. The number of benzene rings is 2. The SMILES string of the molecule is CC(C)(C)C1CC(c2nc(CCc3cccc4ccccc34)cs2)CCN1C(=O)O. The zero-order valence-electron chi connectivity index (χ0n) is 18.0. The van der Waals surface area contributed by atoms with Gasteiger partial charge in [-0.05, 0) is 47.4 Å². The number of hydrogen-bond donors (Lipinski definition) is 1. The van der Waals surface area contributed by atoms with Gasteiger partial charge in [-0.15, -0.1) is 11.3 Å². The minimum atomic E-state index is -0.803. The van der Waals surface area contributed by atoms with E-state index in [4.69, 9.17) is 4.98 Å². The molecule has 0 spiro atoms. The van der Waals surface area contributed by atoms with Gasteiger partial charge in [-0.1, -0.05) is 63.2 Å². The lowest BCUT2D eigenvalue weighted by atomic mass is 9.77. The molecule has 1 N–H and O–H groups in total. The Labute approximate surface area is 182 Å². The summed E-state index contributed by atoms with van der Waals surface area (Å²) in [5.41, 5.74) is 2.44. The number of fused-ring (bicyclic) bond motifs is 1. The largest absolute Gasteiger partial charge is 0.465 e. The Hall–Kier alpha value is -2.40. The minimum Gasteiger partial charge on any atom is -0.465 e. The van der Waals surface area contributed by atoms with Gasteiger partial charge >= 0.3 is 6.09 Å². The van der Waals surface area contributed by atoms with Crippen molar-refractivity contribution in [1.29, 1.82) is 0 Å². The van der Waals surface area contributed by atoms with Crippen molar-refractivity contribution in [3.05, 3.63) is 64.1 Å². The van der Waals surface area contributed by atoms with Crippen LogP contribution in [0.25, 0.3) is 10.8 Å². The summed E-state index contributed by atoms with van der Waals surface area (Å²) >= 11 is 1.74. The van der Waals surface area contributed by atoms with E-state index in [1.165, 1.54) is 21.3 Å². The Morgan fingerprint density at radius 3 is 2.70 bits per heavy atom. The van der Waals surface area contributed by atoms with E-state index in [2.05, 4.69) is 68.6 Å². The second-order valence-corrected chi connectivity index (χ2v) is 10.3. The number of carboxylic acid groups (broad SMARTS) is 1. The van der Waals surface area contributed by atoms with Crippen LogP contribution in [0.2, 0.25) is 0 Å². The van der Waals surface area contributed by atoms with Gasteiger partial charge in [-0.25, -0.2) is 9.78 Å². The van der Waals surface area contributed by atoms with E-state index in [0.717, 1.165) is 31.4 Å². The molecule has 30 heavy (non-hydrogen) atoms. The van der Waals surface area contributed by atoms with E-state index in [1.54, 1.807) is 16.2 Å². The van der Waals surface area contributed by atoms with Crippen LogP contribution in [0.1, 0.15) is 55.8 Å². The van der Waals surface area contributed by atoms with Crippen molar-refractivity contribution in [2.75, 3.05) is 6.54 Å². The topological polar surface area (TPSA) is 53.4 Å². The number of aromatic nitrogens is 1. The van der Waals surface area contributed by atoms with E-state index >= 15 is 0 Å². The highest BCUT2D eigenvalue weighted by atomic mass is 32.1. The van der Waals surface area contributed by atoms with Crippen LogP contribution >= 0.6 is 11.3 Å². The summed E-state index contributed by atoms with van der Waals surface area (Å²) in [6.45, 7) is 6.99. The van der Waals surface area contributed by atoms with Crippen LogP contribution in [0.3, 0.4) is 0 Å². The van der Waals surface area contributed by atoms with Gasteiger partial charge in [0.2, 0.25) is 0 Å². The van der Waals surface area contributed by atoms with Crippen molar-refractivity contribution >= 4 is 28.2 Å². The Bertz CT molecular complexity index is 1030. The van der Waals surface area contributed by atoms with E-state index < -0.39 is 6.09 Å². The molecule has 1 aromatic heterocycles. The first kappa shape index (κ1) is 20.9. The molecular weight excluding hydrogens is 392 g/mol. The summed E-state index contributed by atoms with van der Waals surface area (Å²) in [6.07, 6.45) is 2.82. The molecule has 3 aromatic rings. The highest BCUT2D eigenvalue weighted by Gasteiger charge is 2.39. The van der Waals surface area contributed by atoms with E-state index in [0.29, 0.717) is 12.5 Å². The molecule has 0 aliphatic carbocycles. The lowest BCUT2D eigenvalue weighted by Gasteiger charge is -2.44. The van der Waals surface area contributed by atoms with E-state index in [1.807, 2.05) is 0 Å². The Kier molecular flexibility index (Phi) is 5.83. The molecule has 4 rings (SSSR count). The molecule has 4 nitrogen and oxygen atoms in total. The van der Waals surface area contributed by atoms with Gasteiger partial charge in [0.1, 0.15) is 0 Å². The first-order valence-corrected chi connectivity index (χ1v) is 11.6. The number of amides is 1. The molecular formula is C25H30N2O2S. The number of piperidine rings is 1. The maximum absolute atomic E-state index is 11.7. The molecule has 1 aliphatic heterocycles. The standard InChI is InChI=1S/C25H30N2O2S/c1-25(2,3)22-15-19(13-14-27(22)24(28)29)23-26-20(16-30-23)12-11-18-9-6-8-17-7-4-5-10-21(17)18/h4-10,16,19,22H,11-15H2,1-3H3,(H,28,29). The molecule has 5 heteroatoms. The summed E-state index contributed by atoms with van der Waals surface area (Å²) in [7, 11) is 0. The maximum Gasteiger partial charge on any atom is 0.407 e. The van der Waals surface area contributed by atoms with Gasteiger partial charge in [0.25, 0.3) is 0 Å². The fourth-order valence-corrected chi connectivity index (χ4v) is 5.64. The number of thiazole rings is 1. The van der Waals surface area contributed by atoms with Crippen molar-refractivity contribution < 1.29 is 9.90 Å². The zero-order chi connectivity index (χ0) is 21.3. The maximum atomic E-state index is 11.7. The van der Waals surface area contributed by atoms with E-state index in [9.17, 15) is 9.90 Å². The summed E-state index contributed by atoms with van der Waals surface area (Å²) in [6, 6.07) is 15.1. The Balaban J connectivity index is 1.46. The molecule has 1 saturated heterocycles. The second kappa shape index (κ2) is 8.38. The van der Waals surface area contributed by atoms with E-state index in [-0.39, 0.29) is 11.5 Å². The van der Waals surface area contributed by atoms with Crippen LogP contribution in [-0.4, -0.2) is 33.7 Å². The summed E-state index contributed by atoms with van der Waals surface area (Å²) < 4.78 is 0. The third-order valence-electron chi connectivity index (χ3n) is 6.30. The average molecular weight is 423 g/mol. The van der Waals surface area contributed by atoms with Crippen molar-refractivity contribution in [3.63, 3.8) is 0 Å². The molecule has 2 unspecified atom stereocenters. The molecule has 1 amide bonds. The van der Waals surface area contributed by atoms with Gasteiger partial charge in [0, 0.05) is 23.9 Å². The van der Waals surface area contributed by atoms with Crippen molar-refractivity contribution in [3.8, 4) is 0 Å². The molecule has 1 fully saturated rings. The first-order valence-electron chi connectivity index (χ1n) is 10.7. The normalized spacial score (nSPS) is 19.9. The fourth-order valence-electron chi connectivity index (χ4n) is 4.64. The summed E-state index contributed by atoms with van der Waals surface area (Å²) in [5, 5.41) is 15.6. The zero-order valence-corrected chi connectivity index (χ0v) is 18.8. The van der Waals surface area contributed by atoms with Crippen molar-refractivity contribution in [2.24, 2.45) is 5.41 Å². The number of rotatable bonds is 4. The molecule has 2 aromatic carbocycles. The molecule has 0 bridgehead atoms. The van der Waals surface area contributed by atoms with Crippen LogP contribution in [-0.2, 0) is 12.8 Å². The predicted molar refractivity (Wildman–Crippen MR) is 123 cm³/mol. The lowest BCUT2D eigenvalue weighted by Crippen LogP contribution is -2.51. The van der Waals surface area contributed by atoms with Gasteiger partial charge in [0.05, 0.1) is 10.7 Å². The third kappa shape index (κ3) is 4.36. The van der Waals surface area contributed by atoms with Crippen LogP contribution < -0.4 is 0 Å². The van der Waals surface area contributed by atoms with Gasteiger partial charge < -0.3 is 10.0 Å². The van der Waals surface area contributed by atoms with Crippen LogP contribution in [0.4, 0.5) is 4.79 Å². The van der Waals surface area contributed by atoms with Gasteiger partial charge in [-0.2, -0.15) is 0 Å². The molecule has 1 aliphatic rings. The van der Waals surface area contributed by atoms with Crippen LogP contribution in [0, 0.1) is 5.41 Å². The Morgan fingerprint density at radius 1 is 1.17 bits per heavy atom. The molecule has 2 heterocycles. The number of hydrogen-bond acceptors (Lipinski definition) is 3. The van der Waals surface area contributed by atoms with Gasteiger partial charge in [-0.3, -0.25) is 0 Å². The van der Waals surface area contributed by atoms with Gasteiger partial charge in [0.15, 0.2) is 0 Å². The monoisotopic (exact) mass is 422 g/mol. The number of carbonyl (C=O) groups is 1. The van der Waals surface area contributed by atoms with Crippen molar-refractivity contribution in [1.82, 2.24) is 9.88 Å². The Morgan fingerprint density at radius 2 is 1.93 bits per heavy atom. The van der Waals surface area contributed by atoms with Crippen molar-refractivity contribution in [2.45, 2.75) is 58.4 Å². The summed E-state index contributed by atoms with van der Waals surface area (Å²) in [5.74, 6) is 0.348. The molecule has 2 atom stereocenters. The lowest BCUT2D eigenvalue weighted by molar-refractivity contribution is 0.0525. The fraction of sp³-hybridized carbons (Fsp3) is 0.440. The quantitative estimate of drug-likeness (QED) is 0.533. The number of likely N-dealkylation sites (tertiary alicyclic amines) is 1. The molecule has 0 radical (unpaired) electrons. The molecule has 0 saturated carbocycles. The highest BCUT2D eigenvalue weighted by molar-refractivity contribution is 7.09. The summed E-state index contributed by atoms with van der Waals surface area (Å²) in [4.78, 5) is 18.3. The highest BCUT2D eigenvalue weighted by Crippen LogP contribution is 2.40.